The maximum absolute atomic E-state index is 2.50. The second kappa shape index (κ2) is 12.2. The van der Waals surface area contributed by atoms with E-state index in [0.717, 1.165) is 5.69 Å². The number of hydrogen-bond donors (Lipinski definition) is 0. The molecule has 0 aliphatic heterocycles. The molecule has 1 nitrogen and oxygen atoms in total. The van der Waals surface area contributed by atoms with E-state index in [-0.39, 0.29) is 0 Å². The minimum atomic E-state index is 1.14. The Balaban J connectivity index is 1.16. The van der Waals surface area contributed by atoms with Crippen molar-refractivity contribution in [2.24, 2.45) is 0 Å². The Morgan fingerprint density at radius 2 is 0.774 bits per heavy atom. The lowest BCUT2D eigenvalue weighted by Crippen LogP contribution is -2.10. The Morgan fingerprint density at radius 3 is 1.49 bits per heavy atom. The molecule has 0 bridgehead atoms. The number of fused-ring (bicyclic) bond motifs is 8. The van der Waals surface area contributed by atoms with E-state index in [9.17, 15) is 0 Å². The van der Waals surface area contributed by atoms with Gasteiger partial charge in [0.2, 0.25) is 0 Å². The standard InChI is InChI=1S/C50H31NS2/c1-3-16-36-32(12-1)14-7-19-37(36)34-28-30-35(31-29-34)51(45-25-10-23-42-40-18-5-6-27-47(40)52-49(42)45)46-26-11-24-44-43-22-9-21-41(48(43)53-50(44)46)39-20-8-15-33-13-2-4-17-38(33)39/h1-31H. The molecule has 0 unspecified atom stereocenters. The molecule has 0 radical (unpaired) electrons. The molecule has 0 fully saturated rings. The lowest BCUT2D eigenvalue weighted by molar-refractivity contribution is 1.32. The molecule has 0 saturated carbocycles. The lowest BCUT2D eigenvalue weighted by atomic mass is 9.97. The molecule has 0 spiro atoms. The molecule has 2 heterocycles. The summed E-state index contributed by atoms with van der Waals surface area (Å²) >= 11 is 3.79. The van der Waals surface area contributed by atoms with Crippen molar-refractivity contribution < 1.29 is 0 Å². The van der Waals surface area contributed by atoms with Gasteiger partial charge < -0.3 is 4.90 Å². The first kappa shape index (κ1) is 30.4. The zero-order valence-electron chi connectivity index (χ0n) is 28.7. The first-order valence-electron chi connectivity index (χ1n) is 18.0. The summed E-state index contributed by atoms with van der Waals surface area (Å²) in [7, 11) is 0. The highest BCUT2D eigenvalue weighted by Crippen LogP contribution is 2.50. The summed E-state index contributed by atoms with van der Waals surface area (Å²) < 4.78 is 5.20. The predicted octanol–water partition coefficient (Wildman–Crippen LogP) is 15.5. The zero-order chi connectivity index (χ0) is 34.9. The molecule has 0 amide bonds. The number of rotatable bonds is 5. The van der Waals surface area contributed by atoms with Gasteiger partial charge in [0.15, 0.2) is 0 Å². The van der Waals surface area contributed by atoms with E-state index in [1.54, 1.807) is 0 Å². The van der Waals surface area contributed by atoms with E-state index in [2.05, 4.69) is 193 Å². The average molecular weight is 710 g/mol. The fraction of sp³-hybridized carbons (Fsp3) is 0. The molecule has 11 aromatic rings. The smallest absolute Gasteiger partial charge is 0.0640 e. The van der Waals surface area contributed by atoms with E-state index in [1.165, 1.54) is 95.5 Å². The van der Waals surface area contributed by atoms with Gasteiger partial charge in [-0.15, -0.1) is 22.7 Å². The van der Waals surface area contributed by atoms with Gasteiger partial charge in [-0.2, -0.15) is 0 Å². The molecule has 0 atom stereocenters. The monoisotopic (exact) mass is 709 g/mol. The Labute approximate surface area is 315 Å². The van der Waals surface area contributed by atoms with Crippen molar-refractivity contribution in [3.05, 3.63) is 188 Å². The van der Waals surface area contributed by atoms with Gasteiger partial charge in [-0.3, -0.25) is 0 Å². The van der Waals surface area contributed by atoms with Crippen LogP contribution >= 0.6 is 22.7 Å². The molecule has 53 heavy (non-hydrogen) atoms. The number of benzene rings is 9. The Kier molecular flexibility index (Phi) is 6.97. The van der Waals surface area contributed by atoms with E-state index in [4.69, 9.17) is 0 Å². The van der Waals surface area contributed by atoms with Crippen molar-refractivity contribution in [3.63, 3.8) is 0 Å². The minimum absolute atomic E-state index is 1.14. The summed E-state index contributed by atoms with van der Waals surface area (Å²) in [5, 5.41) is 10.2. The third-order valence-corrected chi connectivity index (χ3v) is 13.2. The highest BCUT2D eigenvalue weighted by atomic mass is 32.1. The second-order valence-electron chi connectivity index (χ2n) is 13.6. The Bertz CT molecular complexity index is 3170. The molecule has 0 saturated heterocycles. The average Bonchev–Trinajstić information content (AvgIpc) is 3.81. The van der Waals surface area contributed by atoms with Crippen LogP contribution in [0.15, 0.2) is 188 Å². The van der Waals surface area contributed by atoms with Crippen LogP contribution in [0.4, 0.5) is 17.1 Å². The topological polar surface area (TPSA) is 3.24 Å². The first-order chi connectivity index (χ1) is 26.3. The molecule has 2 aromatic heterocycles. The summed E-state index contributed by atoms with van der Waals surface area (Å²) in [5.74, 6) is 0. The van der Waals surface area contributed by atoms with Crippen molar-refractivity contribution >= 4 is 102 Å². The summed E-state index contributed by atoms with van der Waals surface area (Å²) in [6.07, 6.45) is 0. The first-order valence-corrected chi connectivity index (χ1v) is 19.6. The van der Waals surface area contributed by atoms with E-state index < -0.39 is 0 Å². The van der Waals surface area contributed by atoms with Gasteiger partial charge in [-0.1, -0.05) is 158 Å². The van der Waals surface area contributed by atoms with Gasteiger partial charge in [0.1, 0.15) is 0 Å². The molecule has 11 rings (SSSR count). The fourth-order valence-corrected chi connectivity index (χ4v) is 10.8. The Hall–Kier alpha value is -6.26. The van der Waals surface area contributed by atoms with Gasteiger partial charge in [-0.05, 0) is 68.6 Å². The molecule has 0 aliphatic carbocycles. The van der Waals surface area contributed by atoms with E-state index in [1.807, 2.05) is 22.7 Å². The summed E-state index contributed by atoms with van der Waals surface area (Å²) in [4.78, 5) is 2.50. The lowest BCUT2D eigenvalue weighted by Gasteiger charge is -2.27. The maximum atomic E-state index is 2.50. The summed E-state index contributed by atoms with van der Waals surface area (Å²) in [6, 6.07) is 69.1. The zero-order valence-corrected chi connectivity index (χ0v) is 30.3. The van der Waals surface area contributed by atoms with E-state index in [0.29, 0.717) is 0 Å². The normalized spacial score (nSPS) is 11.8. The molecule has 248 valence electrons. The van der Waals surface area contributed by atoms with Gasteiger partial charge in [0, 0.05) is 42.2 Å². The number of nitrogens with zero attached hydrogens (tertiary/aromatic N) is 1. The predicted molar refractivity (Wildman–Crippen MR) is 233 cm³/mol. The van der Waals surface area contributed by atoms with Crippen LogP contribution in [-0.4, -0.2) is 0 Å². The van der Waals surface area contributed by atoms with Crippen molar-refractivity contribution in [2.75, 3.05) is 4.90 Å². The fourth-order valence-electron chi connectivity index (χ4n) is 8.24. The SMILES string of the molecule is c1ccc2c(-c3ccc(N(c4cccc5c4sc4ccccc45)c4cccc5c4sc4c(-c6cccc7ccccc67)cccc45)cc3)cccc2c1. The van der Waals surface area contributed by atoms with Gasteiger partial charge in [0.25, 0.3) is 0 Å². The highest BCUT2D eigenvalue weighted by Gasteiger charge is 2.22. The molecule has 0 N–H and O–H groups in total. The molecular formula is C50H31NS2. The van der Waals surface area contributed by atoms with Crippen LogP contribution in [-0.2, 0) is 0 Å². The van der Waals surface area contributed by atoms with Crippen LogP contribution in [0.25, 0.3) is 84.1 Å². The third-order valence-electron chi connectivity index (χ3n) is 10.7. The highest BCUT2D eigenvalue weighted by molar-refractivity contribution is 7.27. The van der Waals surface area contributed by atoms with Crippen molar-refractivity contribution in [2.45, 2.75) is 0 Å². The maximum Gasteiger partial charge on any atom is 0.0640 e. The molecule has 0 aliphatic rings. The molecule has 3 heteroatoms. The quantitative estimate of drug-likeness (QED) is 0.172. The van der Waals surface area contributed by atoms with Crippen LogP contribution in [0.2, 0.25) is 0 Å². The molecule has 9 aromatic carbocycles. The van der Waals surface area contributed by atoms with Gasteiger partial charge in [0.05, 0.1) is 20.8 Å². The van der Waals surface area contributed by atoms with E-state index >= 15 is 0 Å². The number of thiophene rings is 2. The van der Waals surface area contributed by atoms with Gasteiger partial charge in [-0.25, -0.2) is 0 Å². The second-order valence-corrected chi connectivity index (χ2v) is 15.7. The van der Waals surface area contributed by atoms with Crippen LogP contribution < -0.4 is 4.90 Å². The van der Waals surface area contributed by atoms with Crippen LogP contribution in [0.3, 0.4) is 0 Å². The van der Waals surface area contributed by atoms with Gasteiger partial charge >= 0.3 is 0 Å². The summed E-state index contributed by atoms with van der Waals surface area (Å²) in [5.41, 5.74) is 8.54. The van der Waals surface area contributed by atoms with Crippen molar-refractivity contribution in [3.8, 4) is 22.3 Å². The van der Waals surface area contributed by atoms with Crippen LogP contribution in [0, 0.1) is 0 Å². The van der Waals surface area contributed by atoms with Crippen LogP contribution in [0.1, 0.15) is 0 Å². The third kappa shape index (κ3) is 4.82. The minimum Gasteiger partial charge on any atom is -0.308 e. The molecular weight excluding hydrogens is 679 g/mol. The summed E-state index contributed by atoms with van der Waals surface area (Å²) in [6.45, 7) is 0. The van der Waals surface area contributed by atoms with Crippen LogP contribution in [0.5, 0.6) is 0 Å². The Morgan fingerprint density at radius 1 is 0.302 bits per heavy atom. The van der Waals surface area contributed by atoms with Crippen molar-refractivity contribution in [1.82, 2.24) is 0 Å². The largest absolute Gasteiger partial charge is 0.308 e. The number of hydrogen-bond acceptors (Lipinski definition) is 3. The van der Waals surface area contributed by atoms with Crippen molar-refractivity contribution in [1.29, 1.82) is 0 Å². The number of anilines is 3.